The first-order valence-electron chi connectivity index (χ1n) is 8.76. The van der Waals surface area contributed by atoms with Crippen molar-refractivity contribution >= 4 is 5.78 Å². The summed E-state index contributed by atoms with van der Waals surface area (Å²) in [5, 5.41) is 0. The average molecular weight is 310 g/mol. The van der Waals surface area contributed by atoms with E-state index in [2.05, 4.69) is 62.4 Å². The second kappa shape index (κ2) is 8.67. The SMILES string of the molecule is CC.CC.Cc1ccc(C2(c3ccc(C)cc3)CC(=O)C2)cc1. The number of rotatable bonds is 2. The van der Waals surface area contributed by atoms with E-state index in [4.69, 9.17) is 0 Å². The van der Waals surface area contributed by atoms with Crippen LogP contribution >= 0.6 is 0 Å². The number of hydrogen-bond acceptors (Lipinski definition) is 1. The number of carbonyl (C=O) groups is 1. The third kappa shape index (κ3) is 4.10. The summed E-state index contributed by atoms with van der Waals surface area (Å²) in [6.45, 7) is 12.2. The Morgan fingerprint density at radius 2 is 0.957 bits per heavy atom. The van der Waals surface area contributed by atoms with Crippen LogP contribution in [0.15, 0.2) is 48.5 Å². The molecule has 0 unspecified atom stereocenters. The Bertz CT molecular complexity index is 550. The first-order valence-corrected chi connectivity index (χ1v) is 8.76. The van der Waals surface area contributed by atoms with Gasteiger partial charge in [-0.05, 0) is 25.0 Å². The zero-order chi connectivity index (χ0) is 17.5. The van der Waals surface area contributed by atoms with Crippen LogP contribution in [0.2, 0.25) is 0 Å². The first-order chi connectivity index (χ1) is 11.1. The summed E-state index contributed by atoms with van der Waals surface area (Å²) < 4.78 is 0. The Balaban J connectivity index is 0.000000615. The Hall–Kier alpha value is -1.89. The van der Waals surface area contributed by atoms with E-state index in [1.807, 2.05) is 27.7 Å². The molecule has 2 aromatic rings. The summed E-state index contributed by atoms with van der Waals surface area (Å²) in [5.74, 6) is 0.362. The molecular formula is C22H30O. The fourth-order valence-electron chi connectivity index (χ4n) is 2.94. The monoisotopic (exact) mass is 310 g/mol. The van der Waals surface area contributed by atoms with E-state index in [1.165, 1.54) is 22.3 Å². The molecule has 1 aliphatic rings. The molecule has 0 spiro atoms. The van der Waals surface area contributed by atoms with Gasteiger partial charge in [0.05, 0.1) is 0 Å². The highest BCUT2D eigenvalue weighted by Crippen LogP contribution is 2.46. The number of aryl methyl sites for hydroxylation is 2. The molecule has 0 atom stereocenters. The molecule has 0 radical (unpaired) electrons. The minimum absolute atomic E-state index is 0.0848. The van der Waals surface area contributed by atoms with E-state index < -0.39 is 0 Å². The third-order valence-corrected chi connectivity index (χ3v) is 4.21. The molecule has 1 nitrogen and oxygen atoms in total. The number of carbonyl (C=O) groups excluding carboxylic acids is 1. The standard InChI is InChI=1S/C18H18O.2C2H6/c1-13-3-7-15(8-4-13)18(11-17(19)12-18)16-9-5-14(2)6-10-16;2*1-2/h3-10H,11-12H2,1-2H3;2*1-2H3. The van der Waals surface area contributed by atoms with E-state index in [0.29, 0.717) is 18.6 Å². The van der Waals surface area contributed by atoms with Crippen molar-refractivity contribution in [3.8, 4) is 0 Å². The minimum atomic E-state index is -0.0848. The van der Waals surface area contributed by atoms with Crippen LogP contribution in [0.25, 0.3) is 0 Å². The molecule has 1 fully saturated rings. The Morgan fingerprint density at radius 1 is 0.652 bits per heavy atom. The van der Waals surface area contributed by atoms with Crippen molar-refractivity contribution in [1.82, 2.24) is 0 Å². The molecule has 1 aliphatic carbocycles. The fourth-order valence-corrected chi connectivity index (χ4v) is 2.94. The molecule has 3 rings (SSSR count). The van der Waals surface area contributed by atoms with Gasteiger partial charge in [-0.1, -0.05) is 87.4 Å². The van der Waals surface area contributed by atoms with Crippen LogP contribution in [-0.2, 0) is 10.2 Å². The van der Waals surface area contributed by atoms with Crippen LogP contribution in [0.4, 0.5) is 0 Å². The molecule has 0 saturated heterocycles. The molecular weight excluding hydrogens is 280 g/mol. The second-order valence-electron chi connectivity index (χ2n) is 5.71. The van der Waals surface area contributed by atoms with Crippen molar-refractivity contribution in [2.24, 2.45) is 0 Å². The largest absolute Gasteiger partial charge is 0.300 e. The molecule has 1 saturated carbocycles. The lowest BCUT2D eigenvalue weighted by molar-refractivity contribution is -0.127. The number of ketones is 1. The average Bonchev–Trinajstić information content (AvgIpc) is 2.57. The summed E-state index contributed by atoms with van der Waals surface area (Å²) in [6.07, 6.45) is 1.28. The summed E-state index contributed by atoms with van der Waals surface area (Å²) in [6, 6.07) is 17.2. The van der Waals surface area contributed by atoms with E-state index in [1.54, 1.807) is 0 Å². The van der Waals surface area contributed by atoms with Gasteiger partial charge >= 0.3 is 0 Å². The van der Waals surface area contributed by atoms with E-state index >= 15 is 0 Å². The molecule has 0 bridgehead atoms. The lowest BCUT2D eigenvalue weighted by atomic mass is 9.60. The van der Waals surface area contributed by atoms with Gasteiger partial charge in [0.1, 0.15) is 5.78 Å². The molecule has 0 amide bonds. The summed E-state index contributed by atoms with van der Waals surface area (Å²) in [5.41, 5.74) is 4.96. The topological polar surface area (TPSA) is 17.1 Å². The van der Waals surface area contributed by atoms with E-state index in [0.717, 1.165) is 0 Å². The van der Waals surface area contributed by atoms with Gasteiger partial charge in [0.25, 0.3) is 0 Å². The molecule has 1 heteroatoms. The van der Waals surface area contributed by atoms with Crippen LogP contribution < -0.4 is 0 Å². The highest BCUT2D eigenvalue weighted by Gasteiger charge is 2.46. The van der Waals surface area contributed by atoms with Gasteiger partial charge in [-0.25, -0.2) is 0 Å². The van der Waals surface area contributed by atoms with Gasteiger partial charge in [-0.3, -0.25) is 4.79 Å². The van der Waals surface area contributed by atoms with Crippen molar-refractivity contribution in [1.29, 1.82) is 0 Å². The fraction of sp³-hybridized carbons (Fsp3) is 0.409. The molecule has 0 N–H and O–H groups in total. The highest BCUT2D eigenvalue weighted by atomic mass is 16.1. The van der Waals surface area contributed by atoms with Gasteiger partial charge in [0.2, 0.25) is 0 Å². The van der Waals surface area contributed by atoms with Crippen LogP contribution in [0, 0.1) is 13.8 Å². The predicted octanol–water partition coefficient (Wildman–Crippen LogP) is 6.00. The van der Waals surface area contributed by atoms with Gasteiger partial charge < -0.3 is 0 Å². The predicted molar refractivity (Wildman–Crippen MR) is 100 cm³/mol. The second-order valence-corrected chi connectivity index (χ2v) is 5.71. The first kappa shape index (κ1) is 19.2. The Morgan fingerprint density at radius 3 is 1.22 bits per heavy atom. The van der Waals surface area contributed by atoms with Crippen molar-refractivity contribution in [2.45, 2.75) is 59.8 Å². The smallest absolute Gasteiger partial charge is 0.135 e. The van der Waals surface area contributed by atoms with Crippen LogP contribution in [0.5, 0.6) is 0 Å². The number of benzene rings is 2. The van der Waals surface area contributed by atoms with Crippen molar-refractivity contribution in [3.63, 3.8) is 0 Å². The zero-order valence-electron chi connectivity index (χ0n) is 15.4. The summed E-state index contributed by atoms with van der Waals surface area (Å²) in [4.78, 5) is 11.6. The summed E-state index contributed by atoms with van der Waals surface area (Å²) >= 11 is 0. The van der Waals surface area contributed by atoms with Crippen LogP contribution in [0.1, 0.15) is 62.8 Å². The maximum absolute atomic E-state index is 11.6. The van der Waals surface area contributed by atoms with Gasteiger partial charge in [0.15, 0.2) is 0 Å². The number of Topliss-reactive ketones (excluding diaryl/α,β-unsaturated/α-hetero) is 1. The summed E-state index contributed by atoms with van der Waals surface area (Å²) in [7, 11) is 0. The van der Waals surface area contributed by atoms with E-state index in [-0.39, 0.29) is 5.41 Å². The molecule has 2 aromatic carbocycles. The van der Waals surface area contributed by atoms with E-state index in [9.17, 15) is 4.79 Å². The van der Waals surface area contributed by atoms with Crippen molar-refractivity contribution in [2.75, 3.05) is 0 Å². The maximum Gasteiger partial charge on any atom is 0.135 e. The Labute approximate surface area is 141 Å². The molecule has 124 valence electrons. The molecule has 0 aromatic heterocycles. The van der Waals surface area contributed by atoms with Crippen LogP contribution in [-0.4, -0.2) is 5.78 Å². The van der Waals surface area contributed by atoms with Crippen molar-refractivity contribution in [3.05, 3.63) is 70.8 Å². The van der Waals surface area contributed by atoms with Gasteiger partial charge in [0, 0.05) is 18.3 Å². The normalized spacial score (nSPS) is 14.6. The van der Waals surface area contributed by atoms with Crippen molar-refractivity contribution < 1.29 is 4.79 Å². The van der Waals surface area contributed by atoms with Gasteiger partial charge in [-0.15, -0.1) is 0 Å². The molecule has 23 heavy (non-hydrogen) atoms. The zero-order valence-corrected chi connectivity index (χ0v) is 15.4. The quantitative estimate of drug-likeness (QED) is 0.664. The Kier molecular flexibility index (Phi) is 7.22. The highest BCUT2D eigenvalue weighted by molar-refractivity contribution is 5.90. The molecule has 0 aliphatic heterocycles. The molecule has 0 heterocycles. The number of hydrogen-bond donors (Lipinski definition) is 0. The van der Waals surface area contributed by atoms with Gasteiger partial charge in [-0.2, -0.15) is 0 Å². The lowest BCUT2D eigenvalue weighted by Gasteiger charge is -2.41. The maximum atomic E-state index is 11.6. The minimum Gasteiger partial charge on any atom is -0.300 e. The van der Waals surface area contributed by atoms with Crippen LogP contribution in [0.3, 0.4) is 0 Å². The lowest BCUT2D eigenvalue weighted by Crippen LogP contribution is -2.42. The third-order valence-electron chi connectivity index (χ3n) is 4.21.